The third kappa shape index (κ3) is 2.25. The molecule has 0 heterocycles. The smallest absolute Gasteiger partial charge is 0.0319 e. The van der Waals surface area contributed by atoms with Crippen LogP contribution in [0.5, 0.6) is 0 Å². The summed E-state index contributed by atoms with van der Waals surface area (Å²) < 4.78 is 0. The Labute approximate surface area is 97.1 Å². The second-order valence-corrected chi connectivity index (χ2v) is 4.41. The molecule has 2 aliphatic rings. The Balaban J connectivity index is 0.000000457. The summed E-state index contributed by atoms with van der Waals surface area (Å²) in [5.74, 6) is 1.71. The van der Waals surface area contributed by atoms with Gasteiger partial charge in [0.15, 0.2) is 0 Å². The van der Waals surface area contributed by atoms with Crippen molar-refractivity contribution in [1.29, 1.82) is 0 Å². The van der Waals surface area contributed by atoms with Crippen molar-refractivity contribution in [2.45, 2.75) is 13.3 Å². The van der Waals surface area contributed by atoms with Crippen LogP contribution in [0.3, 0.4) is 0 Å². The number of aryl methyl sites for hydroxylation is 1. The molecule has 1 aromatic rings. The number of benzene rings is 1. The van der Waals surface area contributed by atoms with Gasteiger partial charge in [0.25, 0.3) is 0 Å². The second-order valence-electron chi connectivity index (χ2n) is 4.41. The molecule has 16 heavy (non-hydrogen) atoms. The fraction of sp³-hybridized carbons (Fsp3) is 0.333. The van der Waals surface area contributed by atoms with Crippen LogP contribution in [0.4, 0.5) is 0 Å². The molecular formula is C15H18O. The van der Waals surface area contributed by atoms with Crippen LogP contribution in [0.15, 0.2) is 42.5 Å². The molecule has 1 N–H and O–H groups in total. The van der Waals surface area contributed by atoms with Crippen LogP contribution >= 0.6 is 0 Å². The summed E-state index contributed by atoms with van der Waals surface area (Å²) in [6.07, 6.45) is 8.44. The van der Waals surface area contributed by atoms with Gasteiger partial charge in [0, 0.05) is 7.11 Å². The molecule has 84 valence electrons. The zero-order valence-electron chi connectivity index (χ0n) is 9.85. The molecule has 0 saturated heterocycles. The molecular weight excluding hydrogens is 196 g/mol. The van der Waals surface area contributed by atoms with Gasteiger partial charge in [0.2, 0.25) is 0 Å². The van der Waals surface area contributed by atoms with Crippen molar-refractivity contribution < 1.29 is 5.11 Å². The van der Waals surface area contributed by atoms with Gasteiger partial charge in [-0.2, -0.15) is 0 Å². The van der Waals surface area contributed by atoms with Crippen molar-refractivity contribution in [2.24, 2.45) is 11.8 Å². The third-order valence-corrected chi connectivity index (χ3v) is 3.16. The lowest BCUT2D eigenvalue weighted by Gasteiger charge is -2.07. The maximum Gasteiger partial charge on any atom is 0.0319 e. The molecule has 3 rings (SSSR count). The number of hydrogen-bond donors (Lipinski definition) is 1. The zero-order valence-corrected chi connectivity index (χ0v) is 9.85. The molecule has 0 radical (unpaired) electrons. The molecule has 0 aromatic heterocycles. The first-order chi connectivity index (χ1) is 7.83. The topological polar surface area (TPSA) is 20.2 Å². The molecule has 0 bridgehead atoms. The van der Waals surface area contributed by atoms with E-state index in [2.05, 4.69) is 49.4 Å². The number of allylic oxidation sites excluding steroid dienone is 4. The second kappa shape index (κ2) is 4.67. The van der Waals surface area contributed by atoms with Crippen molar-refractivity contribution in [2.75, 3.05) is 7.11 Å². The van der Waals surface area contributed by atoms with Crippen LogP contribution in [-0.2, 0) is 0 Å². The van der Waals surface area contributed by atoms with E-state index in [9.17, 15) is 0 Å². The standard InChI is InChI=1S/C14H14.CH4O/c1-10-3-2-4-11(7-10)12-5-6-13-9-14(13)8-12;1-2/h2-8,13-14H,9H2,1H3;2H,1H3. The van der Waals surface area contributed by atoms with E-state index in [1.54, 1.807) is 0 Å². The first-order valence-electron chi connectivity index (χ1n) is 5.75. The van der Waals surface area contributed by atoms with Gasteiger partial charge < -0.3 is 5.11 Å². The Hall–Kier alpha value is -1.34. The highest BCUT2D eigenvalue weighted by molar-refractivity contribution is 5.76. The molecule has 1 nitrogen and oxygen atoms in total. The van der Waals surface area contributed by atoms with E-state index in [-0.39, 0.29) is 0 Å². The molecule has 1 aromatic carbocycles. The summed E-state index contributed by atoms with van der Waals surface area (Å²) in [6.45, 7) is 2.15. The van der Waals surface area contributed by atoms with Crippen LogP contribution in [0.2, 0.25) is 0 Å². The summed E-state index contributed by atoms with van der Waals surface area (Å²) in [6, 6.07) is 8.75. The number of aliphatic hydroxyl groups excluding tert-OH is 1. The Morgan fingerprint density at radius 1 is 1.19 bits per heavy atom. The Morgan fingerprint density at radius 3 is 2.69 bits per heavy atom. The van der Waals surface area contributed by atoms with Crippen molar-refractivity contribution in [3.63, 3.8) is 0 Å². The zero-order chi connectivity index (χ0) is 11.5. The van der Waals surface area contributed by atoms with Gasteiger partial charge in [-0.25, -0.2) is 0 Å². The summed E-state index contributed by atoms with van der Waals surface area (Å²) in [5.41, 5.74) is 4.12. The third-order valence-electron chi connectivity index (χ3n) is 3.16. The summed E-state index contributed by atoms with van der Waals surface area (Å²) in [7, 11) is 1.00. The molecule has 1 fully saturated rings. The van der Waals surface area contributed by atoms with E-state index < -0.39 is 0 Å². The normalized spacial score (nSPS) is 25.1. The Morgan fingerprint density at radius 2 is 2.00 bits per heavy atom. The van der Waals surface area contributed by atoms with Crippen LogP contribution in [0.1, 0.15) is 17.5 Å². The lowest BCUT2D eigenvalue weighted by Crippen LogP contribution is -1.88. The largest absolute Gasteiger partial charge is 0.400 e. The average molecular weight is 214 g/mol. The summed E-state index contributed by atoms with van der Waals surface area (Å²) >= 11 is 0. The average Bonchev–Trinajstić information content (AvgIpc) is 3.09. The fourth-order valence-corrected chi connectivity index (χ4v) is 2.18. The van der Waals surface area contributed by atoms with Crippen molar-refractivity contribution in [3.8, 4) is 0 Å². The minimum atomic E-state index is 0.843. The highest BCUT2D eigenvalue weighted by atomic mass is 16.2. The number of hydrogen-bond acceptors (Lipinski definition) is 1. The molecule has 0 aliphatic heterocycles. The van der Waals surface area contributed by atoms with E-state index in [4.69, 9.17) is 5.11 Å². The minimum absolute atomic E-state index is 0.843. The van der Waals surface area contributed by atoms with Gasteiger partial charge in [-0.15, -0.1) is 0 Å². The maximum absolute atomic E-state index is 7.00. The van der Waals surface area contributed by atoms with Gasteiger partial charge >= 0.3 is 0 Å². The highest BCUT2D eigenvalue weighted by Crippen LogP contribution is 2.45. The predicted molar refractivity (Wildman–Crippen MR) is 68.0 cm³/mol. The predicted octanol–water partition coefficient (Wildman–Crippen LogP) is 3.19. The molecule has 2 atom stereocenters. The summed E-state index contributed by atoms with van der Waals surface area (Å²) in [5, 5.41) is 7.00. The van der Waals surface area contributed by atoms with Crippen LogP contribution in [0, 0.1) is 18.8 Å². The maximum atomic E-state index is 7.00. The van der Waals surface area contributed by atoms with Crippen molar-refractivity contribution in [3.05, 3.63) is 53.6 Å². The van der Waals surface area contributed by atoms with E-state index in [1.165, 1.54) is 23.1 Å². The fourth-order valence-electron chi connectivity index (χ4n) is 2.18. The van der Waals surface area contributed by atoms with Crippen LogP contribution in [-0.4, -0.2) is 12.2 Å². The number of rotatable bonds is 1. The number of aliphatic hydroxyl groups is 1. The number of fused-ring (bicyclic) bond motifs is 1. The summed E-state index contributed by atoms with van der Waals surface area (Å²) in [4.78, 5) is 0. The molecule has 1 heteroatoms. The van der Waals surface area contributed by atoms with E-state index in [0.717, 1.165) is 18.9 Å². The lowest BCUT2D eigenvalue weighted by molar-refractivity contribution is 0.399. The molecule has 2 unspecified atom stereocenters. The van der Waals surface area contributed by atoms with Gasteiger partial charge in [-0.1, -0.05) is 48.1 Å². The van der Waals surface area contributed by atoms with E-state index in [0.29, 0.717) is 0 Å². The van der Waals surface area contributed by atoms with Crippen LogP contribution in [0.25, 0.3) is 5.57 Å². The molecule has 0 amide bonds. The SMILES string of the molecule is CO.Cc1cccc(C2=CC3CC3C=C2)c1. The highest BCUT2D eigenvalue weighted by Gasteiger charge is 2.34. The van der Waals surface area contributed by atoms with Crippen molar-refractivity contribution >= 4 is 5.57 Å². The van der Waals surface area contributed by atoms with Gasteiger partial charge in [0.1, 0.15) is 0 Å². The van der Waals surface area contributed by atoms with Gasteiger partial charge in [-0.3, -0.25) is 0 Å². The van der Waals surface area contributed by atoms with E-state index >= 15 is 0 Å². The molecule has 2 aliphatic carbocycles. The van der Waals surface area contributed by atoms with Crippen LogP contribution < -0.4 is 0 Å². The minimum Gasteiger partial charge on any atom is -0.400 e. The monoisotopic (exact) mass is 214 g/mol. The first kappa shape index (κ1) is 11.2. The van der Waals surface area contributed by atoms with E-state index in [1.807, 2.05) is 0 Å². The first-order valence-corrected chi connectivity index (χ1v) is 5.75. The molecule has 1 saturated carbocycles. The van der Waals surface area contributed by atoms with Gasteiger partial charge in [-0.05, 0) is 36.3 Å². The quantitative estimate of drug-likeness (QED) is 0.761. The van der Waals surface area contributed by atoms with Crippen molar-refractivity contribution in [1.82, 2.24) is 0 Å². The molecule has 0 spiro atoms. The van der Waals surface area contributed by atoms with Gasteiger partial charge in [0.05, 0.1) is 0 Å². The Bertz CT molecular complexity index is 429. The Kier molecular flexibility index (Phi) is 3.25. The lowest BCUT2D eigenvalue weighted by atomic mass is 9.98.